The molecule has 0 spiro atoms. The molecule has 2 atom stereocenters. The molecule has 4 heteroatoms. The average molecular weight is 210 g/mol. The van der Waals surface area contributed by atoms with Crippen molar-refractivity contribution in [3.63, 3.8) is 0 Å². The van der Waals surface area contributed by atoms with E-state index in [0.717, 1.165) is 5.57 Å². The zero-order valence-electron chi connectivity index (χ0n) is 8.44. The van der Waals surface area contributed by atoms with Crippen molar-refractivity contribution >= 4 is 11.9 Å². The lowest BCUT2D eigenvalue weighted by molar-refractivity contribution is -0.155. The second kappa shape index (κ2) is 4.77. The topological polar surface area (TPSA) is 63.6 Å². The Labute approximate surface area is 88.2 Å². The Bertz CT molecular complexity index is 306. The summed E-state index contributed by atoms with van der Waals surface area (Å²) in [4.78, 5) is 22.4. The molecular formula is C11H14O4. The van der Waals surface area contributed by atoms with Gasteiger partial charge in [-0.05, 0) is 12.8 Å². The first kappa shape index (κ1) is 11.5. The first-order chi connectivity index (χ1) is 7.06. The minimum Gasteiger partial charge on any atom is -0.481 e. The van der Waals surface area contributed by atoms with Crippen LogP contribution < -0.4 is 0 Å². The smallest absolute Gasteiger partial charge is 0.310 e. The summed E-state index contributed by atoms with van der Waals surface area (Å²) in [6.45, 7) is 7.24. The lowest BCUT2D eigenvalue weighted by atomic mass is 9.96. The minimum absolute atomic E-state index is 0.119. The second-order valence-electron chi connectivity index (χ2n) is 3.63. The van der Waals surface area contributed by atoms with E-state index in [4.69, 9.17) is 9.84 Å². The maximum atomic E-state index is 11.5. The van der Waals surface area contributed by atoms with E-state index >= 15 is 0 Å². The van der Waals surface area contributed by atoms with Crippen LogP contribution >= 0.6 is 0 Å². The first-order valence-electron chi connectivity index (χ1n) is 4.73. The van der Waals surface area contributed by atoms with E-state index in [2.05, 4.69) is 13.2 Å². The molecule has 82 valence electrons. The number of hydrogen-bond donors (Lipinski definition) is 1. The molecule has 1 aliphatic rings. The number of carbonyl (C=O) groups excluding carboxylic acids is 1. The Kier molecular flexibility index (Phi) is 3.66. The SMILES string of the molecule is C=CCOC(=O)[C@@H]1CC(=C)C[C@@H]1C(=O)O. The molecule has 4 nitrogen and oxygen atoms in total. The molecule has 0 aromatic heterocycles. The van der Waals surface area contributed by atoms with Crippen molar-refractivity contribution in [2.24, 2.45) is 11.8 Å². The van der Waals surface area contributed by atoms with Crippen LogP contribution in [0.1, 0.15) is 12.8 Å². The molecule has 0 heterocycles. The summed E-state index contributed by atoms with van der Waals surface area (Å²) in [5.74, 6) is -2.71. The molecule has 1 saturated carbocycles. The highest BCUT2D eigenvalue weighted by atomic mass is 16.5. The van der Waals surface area contributed by atoms with Gasteiger partial charge in [0, 0.05) is 0 Å². The Morgan fingerprint density at radius 3 is 2.60 bits per heavy atom. The summed E-state index contributed by atoms with van der Waals surface area (Å²) in [5.41, 5.74) is 0.794. The van der Waals surface area contributed by atoms with Crippen LogP contribution in [0.5, 0.6) is 0 Å². The van der Waals surface area contributed by atoms with E-state index in [9.17, 15) is 9.59 Å². The van der Waals surface area contributed by atoms with Crippen molar-refractivity contribution in [1.29, 1.82) is 0 Å². The lowest BCUT2D eigenvalue weighted by Crippen LogP contribution is -2.26. The van der Waals surface area contributed by atoms with Gasteiger partial charge in [0.2, 0.25) is 0 Å². The minimum atomic E-state index is -0.964. The molecule has 0 radical (unpaired) electrons. The van der Waals surface area contributed by atoms with Crippen LogP contribution in [0.25, 0.3) is 0 Å². The number of rotatable bonds is 4. The number of carbonyl (C=O) groups is 2. The fourth-order valence-electron chi connectivity index (χ4n) is 1.74. The van der Waals surface area contributed by atoms with Crippen LogP contribution in [0.2, 0.25) is 0 Å². The molecule has 1 N–H and O–H groups in total. The van der Waals surface area contributed by atoms with E-state index < -0.39 is 23.8 Å². The first-order valence-corrected chi connectivity index (χ1v) is 4.73. The van der Waals surface area contributed by atoms with Gasteiger partial charge in [-0.25, -0.2) is 0 Å². The molecule has 0 aromatic carbocycles. The Morgan fingerprint density at radius 1 is 1.47 bits per heavy atom. The molecule has 0 saturated heterocycles. The molecule has 1 aliphatic carbocycles. The van der Waals surface area contributed by atoms with Gasteiger partial charge in [0.25, 0.3) is 0 Å². The number of hydrogen-bond acceptors (Lipinski definition) is 3. The predicted molar refractivity (Wildman–Crippen MR) is 54.1 cm³/mol. The zero-order valence-corrected chi connectivity index (χ0v) is 8.44. The van der Waals surface area contributed by atoms with Gasteiger partial charge >= 0.3 is 11.9 Å². The van der Waals surface area contributed by atoms with Crippen molar-refractivity contribution in [3.8, 4) is 0 Å². The van der Waals surface area contributed by atoms with Crippen LogP contribution in [0.4, 0.5) is 0 Å². The molecule has 0 aliphatic heterocycles. The Morgan fingerprint density at radius 2 is 2.07 bits per heavy atom. The third-order valence-electron chi connectivity index (χ3n) is 2.47. The average Bonchev–Trinajstić information content (AvgIpc) is 2.57. The molecular weight excluding hydrogens is 196 g/mol. The molecule has 0 bridgehead atoms. The quantitative estimate of drug-likeness (QED) is 0.562. The van der Waals surface area contributed by atoms with Gasteiger partial charge in [0.1, 0.15) is 6.61 Å². The fourth-order valence-corrected chi connectivity index (χ4v) is 1.74. The number of carboxylic acids is 1. The highest BCUT2D eigenvalue weighted by Gasteiger charge is 2.40. The Balaban J connectivity index is 2.66. The maximum absolute atomic E-state index is 11.5. The zero-order chi connectivity index (χ0) is 11.4. The third kappa shape index (κ3) is 2.68. The largest absolute Gasteiger partial charge is 0.481 e. The highest BCUT2D eigenvalue weighted by molar-refractivity contribution is 5.82. The molecule has 0 aromatic rings. The van der Waals surface area contributed by atoms with Crippen LogP contribution in [-0.2, 0) is 14.3 Å². The van der Waals surface area contributed by atoms with Gasteiger partial charge in [-0.3, -0.25) is 9.59 Å². The van der Waals surface area contributed by atoms with E-state index in [1.807, 2.05) is 0 Å². The number of aliphatic carboxylic acids is 1. The highest BCUT2D eigenvalue weighted by Crippen LogP contribution is 2.35. The van der Waals surface area contributed by atoms with Gasteiger partial charge in [-0.15, -0.1) is 0 Å². The molecule has 1 fully saturated rings. The Hall–Kier alpha value is -1.58. The van der Waals surface area contributed by atoms with Gasteiger partial charge in [-0.1, -0.05) is 24.8 Å². The van der Waals surface area contributed by atoms with Crippen LogP contribution in [0.3, 0.4) is 0 Å². The summed E-state index contributed by atoms with van der Waals surface area (Å²) in [7, 11) is 0. The van der Waals surface area contributed by atoms with Gasteiger partial charge < -0.3 is 9.84 Å². The monoisotopic (exact) mass is 210 g/mol. The van der Waals surface area contributed by atoms with Crippen molar-refractivity contribution < 1.29 is 19.4 Å². The molecule has 0 amide bonds. The maximum Gasteiger partial charge on any atom is 0.310 e. The number of ether oxygens (including phenoxy) is 1. The summed E-state index contributed by atoms with van der Waals surface area (Å²) in [6.07, 6.45) is 2.23. The number of carboxylic acid groups (broad SMARTS) is 1. The van der Waals surface area contributed by atoms with Gasteiger partial charge in [0.15, 0.2) is 0 Å². The van der Waals surface area contributed by atoms with Gasteiger partial charge in [0.05, 0.1) is 11.8 Å². The predicted octanol–water partition coefficient (Wildman–Crippen LogP) is 1.38. The second-order valence-corrected chi connectivity index (χ2v) is 3.63. The number of allylic oxidation sites excluding steroid dienone is 1. The molecule has 0 unspecified atom stereocenters. The molecule has 15 heavy (non-hydrogen) atoms. The summed E-state index contributed by atoms with van der Waals surface area (Å²) in [6, 6.07) is 0. The van der Waals surface area contributed by atoms with E-state index in [-0.39, 0.29) is 6.61 Å². The van der Waals surface area contributed by atoms with Crippen LogP contribution in [-0.4, -0.2) is 23.7 Å². The van der Waals surface area contributed by atoms with Gasteiger partial charge in [-0.2, -0.15) is 0 Å². The van der Waals surface area contributed by atoms with Crippen LogP contribution in [0.15, 0.2) is 24.8 Å². The summed E-state index contributed by atoms with van der Waals surface area (Å²) in [5, 5.41) is 8.91. The van der Waals surface area contributed by atoms with Crippen molar-refractivity contribution in [1.82, 2.24) is 0 Å². The van der Waals surface area contributed by atoms with Crippen molar-refractivity contribution in [2.45, 2.75) is 12.8 Å². The fraction of sp³-hybridized carbons (Fsp3) is 0.455. The lowest BCUT2D eigenvalue weighted by Gasteiger charge is -2.13. The van der Waals surface area contributed by atoms with Crippen LogP contribution in [0, 0.1) is 11.8 Å². The third-order valence-corrected chi connectivity index (χ3v) is 2.47. The summed E-state index contributed by atoms with van der Waals surface area (Å²) >= 11 is 0. The van der Waals surface area contributed by atoms with E-state index in [1.54, 1.807) is 0 Å². The van der Waals surface area contributed by atoms with E-state index in [0.29, 0.717) is 12.8 Å². The number of esters is 1. The van der Waals surface area contributed by atoms with Crippen molar-refractivity contribution in [2.75, 3.05) is 6.61 Å². The molecule has 1 rings (SSSR count). The van der Waals surface area contributed by atoms with E-state index in [1.165, 1.54) is 6.08 Å². The summed E-state index contributed by atoms with van der Waals surface area (Å²) < 4.78 is 4.84. The standard InChI is InChI=1S/C11H14O4/c1-3-4-15-11(14)9-6-7(2)5-8(9)10(12)13/h3,8-9H,1-2,4-6H2,(H,12,13)/t8-,9+/m0/s1. The normalized spacial score (nSPS) is 24.9. The van der Waals surface area contributed by atoms with Crippen molar-refractivity contribution in [3.05, 3.63) is 24.8 Å².